The number of amides is 3. The van der Waals surface area contributed by atoms with Gasteiger partial charge in [-0.2, -0.15) is 0 Å². The summed E-state index contributed by atoms with van der Waals surface area (Å²) < 4.78 is 5.88. The lowest BCUT2D eigenvalue weighted by Gasteiger charge is -2.25. The van der Waals surface area contributed by atoms with Crippen molar-refractivity contribution >= 4 is 11.9 Å². The fourth-order valence-electron chi connectivity index (χ4n) is 4.76. The van der Waals surface area contributed by atoms with Gasteiger partial charge in [0, 0.05) is 26.3 Å². The van der Waals surface area contributed by atoms with Gasteiger partial charge in [0.25, 0.3) is 0 Å². The van der Waals surface area contributed by atoms with Crippen LogP contribution >= 0.6 is 0 Å². The van der Waals surface area contributed by atoms with E-state index in [-0.39, 0.29) is 18.5 Å². The summed E-state index contributed by atoms with van der Waals surface area (Å²) in [5.41, 5.74) is 0.786. The van der Waals surface area contributed by atoms with E-state index in [0.29, 0.717) is 23.9 Å². The zero-order chi connectivity index (χ0) is 24.7. The Labute approximate surface area is 205 Å². The van der Waals surface area contributed by atoms with Crippen LogP contribution in [-0.4, -0.2) is 54.6 Å². The SMILES string of the molecule is CCCCCC(C)(C)CCCCOCCCCC(C)(C)CCCCN1C(=O)CN(CC)C1=O. The predicted molar refractivity (Wildman–Crippen MR) is 138 cm³/mol. The molecule has 5 nitrogen and oxygen atoms in total. The third kappa shape index (κ3) is 12.8. The predicted octanol–water partition coefficient (Wildman–Crippen LogP) is 7.43. The standard InChI is InChI=1S/C28H54N2O3/c1-7-9-10-17-27(3,4)19-12-15-22-33-23-16-13-20-28(5,6)18-11-14-21-30-25(31)24-29(8-2)26(30)32/h7-24H2,1-6H3. The van der Waals surface area contributed by atoms with Crippen molar-refractivity contribution in [1.29, 1.82) is 0 Å². The Bertz CT molecular complexity index is 559. The third-order valence-corrected chi connectivity index (χ3v) is 7.24. The summed E-state index contributed by atoms with van der Waals surface area (Å²) >= 11 is 0. The number of hydrogen-bond donors (Lipinski definition) is 0. The zero-order valence-corrected chi connectivity index (χ0v) is 22.8. The number of rotatable bonds is 20. The van der Waals surface area contributed by atoms with Crippen molar-refractivity contribution < 1.29 is 14.3 Å². The Kier molecular flexibility index (Phi) is 14.3. The molecule has 0 bridgehead atoms. The number of urea groups is 1. The maximum Gasteiger partial charge on any atom is 0.327 e. The highest BCUT2D eigenvalue weighted by atomic mass is 16.5. The second kappa shape index (κ2) is 15.7. The van der Waals surface area contributed by atoms with Crippen molar-refractivity contribution in [3.63, 3.8) is 0 Å². The average Bonchev–Trinajstić information content (AvgIpc) is 3.03. The number of carbonyl (C=O) groups is 2. The van der Waals surface area contributed by atoms with Crippen molar-refractivity contribution in [3.8, 4) is 0 Å². The van der Waals surface area contributed by atoms with Crippen LogP contribution in [0.5, 0.6) is 0 Å². The Hall–Kier alpha value is -1.10. The summed E-state index contributed by atoms with van der Waals surface area (Å²) in [7, 11) is 0. The van der Waals surface area contributed by atoms with Crippen LogP contribution in [0.1, 0.15) is 125 Å². The third-order valence-electron chi connectivity index (χ3n) is 7.24. The van der Waals surface area contributed by atoms with Gasteiger partial charge in [0.2, 0.25) is 5.91 Å². The normalized spacial score (nSPS) is 15.2. The van der Waals surface area contributed by atoms with E-state index < -0.39 is 0 Å². The molecule has 0 unspecified atom stereocenters. The molecule has 1 aliphatic heterocycles. The van der Waals surface area contributed by atoms with E-state index in [2.05, 4.69) is 34.6 Å². The van der Waals surface area contributed by atoms with Crippen LogP contribution in [0.25, 0.3) is 0 Å². The van der Waals surface area contributed by atoms with Crippen LogP contribution in [0, 0.1) is 10.8 Å². The van der Waals surface area contributed by atoms with Crippen LogP contribution in [-0.2, 0) is 9.53 Å². The molecule has 1 rings (SSSR count). The maximum absolute atomic E-state index is 12.1. The second-order valence-electron chi connectivity index (χ2n) is 11.6. The summed E-state index contributed by atoms with van der Waals surface area (Å²) in [6.07, 6.45) is 15.8. The van der Waals surface area contributed by atoms with Crippen LogP contribution < -0.4 is 0 Å². The van der Waals surface area contributed by atoms with Gasteiger partial charge in [-0.05, 0) is 62.7 Å². The molecule has 0 N–H and O–H groups in total. The Balaban J connectivity index is 2.01. The number of likely N-dealkylation sites (N-methyl/N-ethyl adjacent to an activating group) is 1. The molecule has 0 radical (unpaired) electrons. The molecular formula is C28H54N2O3. The second-order valence-corrected chi connectivity index (χ2v) is 11.6. The van der Waals surface area contributed by atoms with Crippen LogP contribution in [0.15, 0.2) is 0 Å². The Morgan fingerprint density at radius 3 is 1.67 bits per heavy atom. The van der Waals surface area contributed by atoms with Crippen molar-refractivity contribution in [2.45, 2.75) is 125 Å². The summed E-state index contributed by atoms with van der Waals surface area (Å²) in [5.74, 6) is -0.0446. The van der Waals surface area contributed by atoms with Gasteiger partial charge in [-0.25, -0.2) is 4.79 Å². The highest BCUT2D eigenvalue weighted by molar-refractivity contribution is 6.01. The largest absolute Gasteiger partial charge is 0.381 e. The first-order valence-corrected chi connectivity index (χ1v) is 13.8. The zero-order valence-electron chi connectivity index (χ0n) is 22.8. The molecule has 0 aromatic heterocycles. The number of hydrogen-bond acceptors (Lipinski definition) is 3. The lowest BCUT2D eigenvalue weighted by Crippen LogP contribution is -2.33. The van der Waals surface area contributed by atoms with Gasteiger partial charge in [0.05, 0.1) is 0 Å². The number of ether oxygens (including phenoxy) is 1. The van der Waals surface area contributed by atoms with Crippen LogP contribution in [0.4, 0.5) is 4.79 Å². The Morgan fingerprint density at radius 1 is 0.727 bits per heavy atom. The van der Waals surface area contributed by atoms with E-state index in [1.54, 1.807) is 4.90 Å². The first-order valence-electron chi connectivity index (χ1n) is 13.8. The van der Waals surface area contributed by atoms with Gasteiger partial charge >= 0.3 is 6.03 Å². The van der Waals surface area contributed by atoms with E-state index in [0.717, 1.165) is 38.9 Å². The summed E-state index contributed by atoms with van der Waals surface area (Å²) in [6.45, 7) is 16.9. The van der Waals surface area contributed by atoms with Crippen LogP contribution in [0.3, 0.4) is 0 Å². The van der Waals surface area contributed by atoms with Gasteiger partial charge in [-0.1, -0.05) is 73.1 Å². The van der Waals surface area contributed by atoms with Crippen molar-refractivity contribution in [2.24, 2.45) is 10.8 Å². The minimum Gasteiger partial charge on any atom is -0.381 e. The fourth-order valence-corrected chi connectivity index (χ4v) is 4.76. The molecule has 0 aliphatic carbocycles. The minimum absolute atomic E-state index is 0.0446. The molecule has 194 valence electrons. The molecule has 0 aromatic rings. The number of carbonyl (C=O) groups excluding carboxylic acids is 2. The molecular weight excluding hydrogens is 412 g/mol. The number of nitrogens with zero attached hydrogens (tertiary/aromatic N) is 2. The maximum atomic E-state index is 12.1. The molecule has 0 aromatic carbocycles. The summed E-state index contributed by atoms with van der Waals surface area (Å²) in [4.78, 5) is 27.2. The molecule has 3 amide bonds. The first-order chi connectivity index (χ1) is 15.6. The van der Waals surface area contributed by atoms with Crippen molar-refractivity contribution in [2.75, 3.05) is 32.8 Å². The average molecular weight is 467 g/mol. The summed E-state index contributed by atoms with van der Waals surface area (Å²) in [5, 5.41) is 0. The molecule has 0 atom stereocenters. The molecule has 1 heterocycles. The molecule has 0 spiro atoms. The van der Waals surface area contributed by atoms with E-state index in [1.165, 1.54) is 62.7 Å². The van der Waals surface area contributed by atoms with Gasteiger partial charge in [0.1, 0.15) is 6.54 Å². The molecule has 1 fully saturated rings. The highest BCUT2D eigenvalue weighted by Gasteiger charge is 2.34. The molecule has 33 heavy (non-hydrogen) atoms. The fraction of sp³-hybridized carbons (Fsp3) is 0.929. The first kappa shape index (κ1) is 29.9. The molecule has 0 saturated carbocycles. The summed E-state index contributed by atoms with van der Waals surface area (Å²) in [6, 6.07) is -0.113. The molecule has 1 saturated heterocycles. The van der Waals surface area contributed by atoms with Gasteiger partial charge in [-0.15, -0.1) is 0 Å². The van der Waals surface area contributed by atoms with E-state index in [4.69, 9.17) is 4.74 Å². The van der Waals surface area contributed by atoms with E-state index >= 15 is 0 Å². The lowest BCUT2D eigenvalue weighted by atomic mass is 9.82. The van der Waals surface area contributed by atoms with Crippen molar-refractivity contribution in [1.82, 2.24) is 9.80 Å². The number of unbranched alkanes of at least 4 members (excludes halogenated alkanes) is 5. The topological polar surface area (TPSA) is 49.9 Å². The minimum atomic E-state index is -0.113. The quantitative estimate of drug-likeness (QED) is 0.138. The number of imide groups is 1. The smallest absolute Gasteiger partial charge is 0.327 e. The highest BCUT2D eigenvalue weighted by Crippen LogP contribution is 2.31. The van der Waals surface area contributed by atoms with E-state index in [9.17, 15) is 9.59 Å². The van der Waals surface area contributed by atoms with E-state index in [1.807, 2.05) is 6.92 Å². The molecule has 1 aliphatic rings. The lowest BCUT2D eigenvalue weighted by molar-refractivity contribution is -0.125. The monoisotopic (exact) mass is 466 g/mol. The van der Waals surface area contributed by atoms with Crippen molar-refractivity contribution in [3.05, 3.63) is 0 Å². The molecule has 5 heteroatoms. The van der Waals surface area contributed by atoms with Gasteiger partial charge in [-0.3, -0.25) is 9.69 Å². The van der Waals surface area contributed by atoms with Crippen LogP contribution in [0.2, 0.25) is 0 Å². The van der Waals surface area contributed by atoms with Gasteiger partial charge in [0.15, 0.2) is 0 Å². The van der Waals surface area contributed by atoms with Gasteiger partial charge < -0.3 is 9.64 Å². The Morgan fingerprint density at radius 2 is 1.21 bits per heavy atom.